The van der Waals surface area contributed by atoms with E-state index in [4.69, 9.17) is 42.0 Å². The summed E-state index contributed by atoms with van der Waals surface area (Å²) in [5.74, 6) is -14.5. The number of aliphatic carboxylic acids is 1. The van der Waals surface area contributed by atoms with Crippen LogP contribution in [0.1, 0.15) is 105 Å². The molecule has 11 bridgehead atoms. The lowest BCUT2D eigenvalue weighted by Gasteiger charge is -2.44. The number of hydrogen-bond donors (Lipinski definition) is 16. The van der Waals surface area contributed by atoms with E-state index in [1.165, 1.54) is 63.4 Å². The smallest absolute Gasteiger partial charge is 0.330 e. The van der Waals surface area contributed by atoms with E-state index in [0.717, 1.165) is 42.5 Å². The van der Waals surface area contributed by atoms with Crippen LogP contribution < -0.4 is 58.2 Å². The van der Waals surface area contributed by atoms with E-state index in [1.54, 1.807) is 0 Å². The number of aliphatic hydroxyl groups is 2. The first-order valence-corrected chi connectivity index (χ1v) is 28.4. The summed E-state index contributed by atoms with van der Waals surface area (Å²) in [6, 6.07) is 2.80. The van der Waals surface area contributed by atoms with Gasteiger partial charge in [-0.3, -0.25) is 33.6 Å². The number of aromatic hydroxyl groups is 4. The van der Waals surface area contributed by atoms with Crippen LogP contribution in [-0.4, -0.2) is 138 Å². The minimum absolute atomic E-state index is 0.0282. The molecule has 472 valence electrons. The predicted molar refractivity (Wildman–Crippen MR) is 312 cm³/mol. The third-order valence-corrected chi connectivity index (χ3v) is 15.9. The van der Waals surface area contributed by atoms with Crippen LogP contribution in [0.5, 0.6) is 46.0 Å². The fourth-order valence-electron chi connectivity index (χ4n) is 11.1. The number of phenolic OH excluding ortho intramolecular Hbond substituents is 4. The molecule has 0 unspecified atom stereocenters. The van der Waals surface area contributed by atoms with Gasteiger partial charge in [-0.1, -0.05) is 49.7 Å². The van der Waals surface area contributed by atoms with Crippen molar-refractivity contribution in [3.63, 3.8) is 0 Å². The quantitative estimate of drug-likeness (QED) is 0.0950. The van der Waals surface area contributed by atoms with Crippen LogP contribution in [0.2, 0.25) is 5.02 Å². The van der Waals surface area contributed by atoms with Crippen LogP contribution in [0.25, 0.3) is 11.1 Å². The van der Waals surface area contributed by atoms with E-state index in [2.05, 4.69) is 37.2 Å². The zero-order valence-electron chi connectivity index (χ0n) is 48.3. The van der Waals surface area contributed by atoms with Gasteiger partial charge in [-0.05, 0) is 110 Å². The number of fused-ring (bicyclic) bond motifs is 15. The fraction of sp³-hybridized carbons (Fsp3) is 0.367. The van der Waals surface area contributed by atoms with Crippen molar-refractivity contribution in [3.05, 3.63) is 118 Å². The number of aliphatic hydroxyl groups excluding tert-OH is 2. The lowest BCUT2D eigenvalue weighted by molar-refractivity contribution is -0.255. The van der Waals surface area contributed by atoms with Crippen molar-refractivity contribution < 1.29 is 93.0 Å². The van der Waals surface area contributed by atoms with Gasteiger partial charge >= 0.3 is 5.97 Å². The van der Waals surface area contributed by atoms with Crippen LogP contribution in [-0.2, 0) is 47.8 Å². The first-order valence-electron chi connectivity index (χ1n) is 28.0. The van der Waals surface area contributed by atoms with Gasteiger partial charge < -0.3 is 103 Å². The van der Waals surface area contributed by atoms with Crippen LogP contribution in [0.15, 0.2) is 84.9 Å². The molecule has 28 nitrogen and oxygen atoms in total. The lowest BCUT2D eigenvalue weighted by atomic mass is 9.86. The normalized spacial score (nSPS) is 26.6. The summed E-state index contributed by atoms with van der Waals surface area (Å²) < 4.78 is 25.1. The largest absolute Gasteiger partial charge is 0.508 e. The lowest BCUT2D eigenvalue weighted by Crippen LogP contribution is -2.61. The molecule has 13 atom stereocenters. The van der Waals surface area contributed by atoms with Crippen molar-refractivity contribution in [3.8, 4) is 57.1 Å². The van der Waals surface area contributed by atoms with Gasteiger partial charge in [-0.15, -0.1) is 0 Å². The number of ether oxygens (including phenoxy) is 4. The molecule has 89 heavy (non-hydrogen) atoms. The van der Waals surface area contributed by atoms with Crippen LogP contribution >= 0.6 is 11.6 Å². The second-order valence-corrected chi connectivity index (χ2v) is 23.2. The molecule has 6 heterocycles. The van der Waals surface area contributed by atoms with Crippen molar-refractivity contribution in [2.75, 3.05) is 7.05 Å². The molecule has 7 amide bonds. The molecule has 29 heteroatoms. The number of carbonyl (C=O) groups is 8. The summed E-state index contributed by atoms with van der Waals surface area (Å²) in [5.41, 5.74) is 8.79. The molecule has 18 N–H and O–H groups in total. The number of carboxylic acids is 1. The number of carbonyl (C=O) groups excluding carboxylic acids is 7. The average molecular weight is 1250 g/mol. The van der Waals surface area contributed by atoms with Crippen LogP contribution in [0.3, 0.4) is 0 Å². The summed E-state index contributed by atoms with van der Waals surface area (Å²) in [7, 11) is 1.51. The third-order valence-electron chi connectivity index (χ3n) is 15.6. The standard InChI is InChI=1S/C60H66ClN9O19/c1-23(2)14-34(64-5)53(78)69-47-49(75)25-6-10-30(11-7-25)87-39-17-28-18-40(50(39)76)88-38-13-9-27(16-33(38)61)51(89-42-22-60(4,63)52(77)24(3)86-42)48-58(83)68-46(59(84)85)32-19-29(71)20-37(73)43(32)31-15-26(8-12-36(31)72)44(55(80)70-48)67-56(81)45(28)66-54(79)35(21-41(62)74)65-57(47)82/h6-13,15-20,23-24,34-35,42,44-49,51-52,64,71-73,75-77H,14,21-22,63H2,1-5H3,(H2,62,74)(H,65,82)(H,66,79)(H,67,81)(H,68,83)(H,69,78)(H,70,80)(H,84,85)/t24-,34+,35-,42-,44+,45+,46-,47+,48-,49+,51+,52-,60-/m0/s1. The molecule has 0 spiro atoms. The van der Waals surface area contributed by atoms with Crippen molar-refractivity contribution in [2.24, 2.45) is 17.4 Å². The molecule has 0 aliphatic carbocycles. The predicted octanol–water partition coefficient (Wildman–Crippen LogP) is 1.98. The molecule has 0 aromatic heterocycles. The molecule has 1 saturated heterocycles. The van der Waals surface area contributed by atoms with E-state index in [9.17, 15) is 59.7 Å². The molecule has 6 aliphatic heterocycles. The number of primary amides is 1. The van der Waals surface area contributed by atoms with Crippen molar-refractivity contribution >= 4 is 58.9 Å². The summed E-state index contributed by atoms with van der Waals surface area (Å²) >= 11 is 7.03. The van der Waals surface area contributed by atoms with E-state index in [-0.39, 0.29) is 57.5 Å². The first-order chi connectivity index (χ1) is 42.0. The van der Waals surface area contributed by atoms with E-state index < -0.39 is 183 Å². The SMILES string of the molecule is CN[C@H](CC(C)C)C(=O)N[C@H]1C(=O)N[C@@H](CC(N)=O)C(=O)N[C@H]2C(=O)N[C@H]3C(=O)N[C@H](C(=O)N[C@H](C(=O)O)c4cc(O)cc(O)c4-c4cc3ccc4O)[C@H](O[C@H]3C[C@](C)(N)[C@@H](O)[C@H](C)O3)c3ccc(c(Cl)c3)Oc3cc2cc(c3O)Oc2ccc(cc2)[C@H]1O. The number of carboxylic acid groups (broad SMARTS) is 1. The minimum atomic E-state index is -2.21. The highest BCUT2D eigenvalue weighted by Crippen LogP contribution is 2.47. The average Bonchev–Trinajstić information content (AvgIpc) is 0.944. The van der Waals surface area contributed by atoms with Gasteiger partial charge in [0.15, 0.2) is 23.8 Å². The number of likely N-dealkylation sites (N-methyl/N-ethyl adjacent to an activating group) is 1. The van der Waals surface area contributed by atoms with Gasteiger partial charge in [0.1, 0.15) is 71.2 Å². The Balaban J connectivity index is 1.28. The highest BCUT2D eigenvalue weighted by molar-refractivity contribution is 6.32. The maximum absolute atomic E-state index is 15.7. The topological polar surface area (TPSA) is 451 Å². The second kappa shape index (κ2) is 25.8. The number of halogens is 1. The number of hydrogen-bond acceptors (Lipinski definition) is 20. The number of rotatable bonds is 10. The molecule has 0 radical (unpaired) electrons. The Kier molecular flexibility index (Phi) is 18.6. The molecule has 11 rings (SSSR count). The molecule has 5 aromatic rings. The zero-order valence-corrected chi connectivity index (χ0v) is 49.0. The number of amides is 7. The monoisotopic (exact) mass is 1250 g/mol. The minimum Gasteiger partial charge on any atom is -0.508 e. The van der Waals surface area contributed by atoms with Crippen molar-refractivity contribution in [1.82, 2.24) is 37.2 Å². The highest BCUT2D eigenvalue weighted by Gasteiger charge is 2.47. The molecule has 6 aliphatic rings. The van der Waals surface area contributed by atoms with Gasteiger partial charge in [0.25, 0.3) is 0 Å². The maximum Gasteiger partial charge on any atom is 0.330 e. The zero-order chi connectivity index (χ0) is 64.7. The molecule has 1 fully saturated rings. The molecule has 0 saturated carbocycles. The fourth-order valence-corrected chi connectivity index (χ4v) is 11.3. The Morgan fingerprint density at radius 1 is 0.753 bits per heavy atom. The Labute approximate surface area is 512 Å². The molecular weight excluding hydrogens is 1190 g/mol. The van der Waals surface area contributed by atoms with Gasteiger partial charge in [0.05, 0.1) is 29.7 Å². The summed E-state index contributed by atoms with van der Waals surface area (Å²) in [5, 5.41) is 97.3. The van der Waals surface area contributed by atoms with E-state index in [0.29, 0.717) is 0 Å². The van der Waals surface area contributed by atoms with Gasteiger partial charge in [-0.2, -0.15) is 0 Å². The number of phenols is 4. The second-order valence-electron chi connectivity index (χ2n) is 22.8. The summed E-state index contributed by atoms with van der Waals surface area (Å²) in [6.45, 7) is 6.70. The number of benzene rings is 5. The van der Waals surface area contributed by atoms with Gasteiger partial charge in [0.2, 0.25) is 47.1 Å². The van der Waals surface area contributed by atoms with Crippen LogP contribution in [0, 0.1) is 5.92 Å². The Morgan fingerprint density at radius 2 is 1.39 bits per heavy atom. The maximum atomic E-state index is 15.7. The highest BCUT2D eigenvalue weighted by atomic mass is 35.5. The van der Waals surface area contributed by atoms with Crippen molar-refractivity contribution in [2.45, 2.75) is 125 Å². The number of nitrogens with two attached hydrogens (primary N) is 2. The summed E-state index contributed by atoms with van der Waals surface area (Å²) in [6.07, 6.45) is -8.34. The molecule has 5 aromatic carbocycles. The third kappa shape index (κ3) is 13.7. The molecular formula is C60H66ClN9O19. The van der Waals surface area contributed by atoms with Crippen molar-refractivity contribution in [1.29, 1.82) is 0 Å². The van der Waals surface area contributed by atoms with Gasteiger partial charge in [-0.25, -0.2) is 4.79 Å². The van der Waals surface area contributed by atoms with Gasteiger partial charge in [0, 0.05) is 34.7 Å². The number of nitrogens with one attached hydrogen (secondary N) is 7. The Bertz CT molecular complexity index is 3640. The Morgan fingerprint density at radius 3 is 2.03 bits per heavy atom. The summed E-state index contributed by atoms with van der Waals surface area (Å²) in [4.78, 5) is 116. The van der Waals surface area contributed by atoms with E-state index in [1.807, 2.05) is 13.8 Å². The van der Waals surface area contributed by atoms with E-state index >= 15 is 14.4 Å². The van der Waals surface area contributed by atoms with Crippen LogP contribution in [0.4, 0.5) is 0 Å². The first kappa shape index (κ1) is 64.2. The Hall–Kier alpha value is -9.29.